The van der Waals surface area contributed by atoms with E-state index in [2.05, 4.69) is 49.0 Å². The molecule has 0 aliphatic heterocycles. The number of imidazole rings is 1. The molecule has 1 fully saturated rings. The lowest BCUT2D eigenvalue weighted by atomic mass is 10.2. The van der Waals surface area contributed by atoms with Crippen LogP contribution in [-0.4, -0.2) is 19.5 Å². The number of halogens is 2. The van der Waals surface area contributed by atoms with Gasteiger partial charge in [0.1, 0.15) is 10.8 Å². The first-order valence-electron chi connectivity index (χ1n) is 6.44. The Kier molecular flexibility index (Phi) is 3.75. The Morgan fingerprint density at radius 3 is 2.89 bits per heavy atom. The van der Waals surface area contributed by atoms with Gasteiger partial charge in [-0.1, -0.05) is 24.9 Å². The van der Waals surface area contributed by atoms with Crippen LogP contribution in [0.4, 0.5) is 0 Å². The van der Waals surface area contributed by atoms with Gasteiger partial charge in [-0.3, -0.25) is 0 Å². The minimum Gasteiger partial charge on any atom is -0.325 e. The number of aryl methyl sites for hydroxylation is 1. The normalized spacial score (nSPS) is 14.9. The van der Waals surface area contributed by atoms with Crippen LogP contribution in [0.15, 0.2) is 12.5 Å². The van der Waals surface area contributed by atoms with E-state index < -0.39 is 0 Å². The largest absolute Gasteiger partial charge is 0.325 e. The molecule has 2 aromatic heterocycles. The van der Waals surface area contributed by atoms with E-state index in [4.69, 9.17) is 11.6 Å². The summed E-state index contributed by atoms with van der Waals surface area (Å²) in [6.07, 6.45) is 8.08. The van der Waals surface area contributed by atoms with E-state index in [1.165, 1.54) is 12.8 Å². The van der Waals surface area contributed by atoms with Gasteiger partial charge in [-0.25, -0.2) is 15.0 Å². The van der Waals surface area contributed by atoms with Gasteiger partial charge < -0.3 is 4.57 Å². The fourth-order valence-corrected chi connectivity index (χ4v) is 2.80. The first kappa shape index (κ1) is 13.3. The second-order valence-corrected chi connectivity index (χ2v) is 6.20. The van der Waals surface area contributed by atoms with Gasteiger partial charge in [0.15, 0.2) is 5.82 Å². The average molecular weight is 389 g/mol. The van der Waals surface area contributed by atoms with Crippen molar-refractivity contribution in [3.63, 3.8) is 0 Å². The Balaban J connectivity index is 2.06. The van der Waals surface area contributed by atoms with E-state index in [1.807, 2.05) is 12.5 Å². The Morgan fingerprint density at radius 2 is 2.21 bits per heavy atom. The van der Waals surface area contributed by atoms with Crippen LogP contribution in [0.2, 0.25) is 5.15 Å². The first-order valence-corrected chi connectivity index (χ1v) is 7.90. The Morgan fingerprint density at radius 1 is 1.42 bits per heavy atom. The molecule has 6 heteroatoms. The summed E-state index contributed by atoms with van der Waals surface area (Å²) in [5.41, 5.74) is 2.00. The molecule has 0 unspecified atom stereocenters. The third-order valence-corrected chi connectivity index (χ3v) is 4.93. The molecule has 1 saturated carbocycles. The van der Waals surface area contributed by atoms with Gasteiger partial charge in [0.25, 0.3) is 0 Å². The van der Waals surface area contributed by atoms with Crippen molar-refractivity contribution in [1.82, 2.24) is 19.5 Å². The van der Waals surface area contributed by atoms with Crippen molar-refractivity contribution < 1.29 is 0 Å². The number of nitrogens with zero attached hydrogens (tertiary/aromatic N) is 4. The minimum absolute atomic E-state index is 0.539. The summed E-state index contributed by atoms with van der Waals surface area (Å²) in [5, 5.41) is 0.539. The topological polar surface area (TPSA) is 43.6 Å². The molecule has 2 heterocycles. The van der Waals surface area contributed by atoms with Crippen molar-refractivity contribution >= 4 is 34.2 Å². The lowest BCUT2D eigenvalue weighted by Gasteiger charge is -2.09. The molecule has 0 atom stereocenters. The van der Waals surface area contributed by atoms with E-state index in [0.29, 0.717) is 17.0 Å². The van der Waals surface area contributed by atoms with Crippen LogP contribution in [0.25, 0.3) is 11.5 Å². The summed E-state index contributed by atoms with van der Waals surface area (Å²) in [5.74, 6) is 0.693. The van der Waals surface area contributed by atoms with E-state index in [9.17, 15) is 0 Å². The standard InChI is InChI=1S/C13H14ClIN4/c1-2-3-9-11(15)12(14)18-13(17-9)10-6-16-7-19(10)8-4-5-8/h6-8H,2-5H2,1H3. The van der Waals surface area contributed by atoms with E-state index in [-0.39, 0.29) is 0 Å². The van der Waals surface area contributed by atoms with Gasteiger partial charge in [0, 0.05) is 6.04 Å². The molecular formula is C13H14ClIN4. The number of aromatic nitrogens is 4. The van der Waals surface area contributed by atoms with Crippen molar-refractivity contribution in [1.29, 1.82) is 0 Å². The van der Waals surface area contributed by atoms with Crippen molar-refractivity contribution in [2.24, 2.45) is 0 Å². The molecular weight excluding hydrogens is 375 g/mol. The maximum Gasteiger partial charge on any atom is 0.179 e. The van der Waals surface area contributed by atoms with Crippen LogP contribution < -0.4 is 0 Å². The summed E-state index contributed by atoms with van der Waals surface area (Å²) in [7, 11) is 0. The van der Waals surface area contributed by atoms with Crippen molar-refractivity contribution in [2.45, 2.75) is 38.6 Å². The van der Waals surface area contributed by atoms with Gasteiger partial charge in [0.2, 0.25) is 0 Å². The van der Waals surface area contributed by atoms with Crippen LogP contribution in [0.5, 0.6) is 0 Å². The molecule has 1 aliphatic carbocycles. The highest BCUT2D eigenvalue weighted by molar-refractivity contribution is 14.1. The molecule has 19 heavy (non-hydrogen) atoms. The highest BCUT2D eigenvalue weighted by Crippen LogP contribution is 2.38. The maximum absolute atomic E-state index is 6.23. The molecule has 100 valence electrons. The smallest absolute Gasteiger partial charge is 0.179 e. The van der Waals surface area contributed by atoms with Crippen LogP contribution >= 0.6 is 34.2 Å². The summed E-state index contributed by atoms with van der Waals surface area (Å²) in [4.78, 5) is 13.3. The van der Waals surface area contributed by atoms with Crippen molar-refractivity contribution in [3.05, 3.63) is 26.9 Å². The molecule has 4 nitrogen and oxygen atoms in total. The quantitative estimate of drug-likeness (QED) is 0.590. The predicted octanol–water partition coefficient (Wildman–Crippen LogP) is 3.89. The van der Waals surface area contributed by atoms with Gasteiger partial charge in [0.05, 0.1) is 21.8 Å². The van der Waals surface area contributed by atoms with Gasteiger partial charge in [-0.2, -0.15) is 0 Å². The summed E-state index contributed by atoms with van der Waals surface area (Å²) < 4.78 is 3.12. The van der Waals surface area contributed by atoms with E-state index in [1.54, 1.807) is 0 Å². The summed E-state index contributed by atoms with van der Waals surface area (Å²) in [6, 6.07) is 0.564. The Hall–Kier alpha value is -0.690. The summed E-state index contributed by atoms with van der Waals surface area (Å²) >= 11 is 8.45. The van der Waals surface area contributed by atoms with E-state index in [0.717, 1.165) is 27.8 Å². The lowest BCUT2D eigenvalue weighted by molar-refractivity contribution is 0.741. The summed E-state index contributed by atoms with van der Waals surface area (Å²) in [6.45, 7) is 2.14. The Bertz CT molecular complexity index is 607. The van der Waals surface area contributed by atoms with E-state index >= 15 is 0 Å². The zero-order valence-corrected chi connectivity index (χ0v) is 13.5. The predicted molar refractivity (Wildman–Crippen MR) is 83.2 cm³/mol. The zero-order chi connectivity index (χ0) is 13.4. The van der Waals surface area contributed by atoms with Crippen LogP contribution in [-0.2, 0) is 6.42 Å². The average Bonchev–Trinajstić information content (AvgIpc) is 3.12. The molecule has 2 aromatic rings. The molecule has 0 amide bonds. The highest BCUT2D eigenvalue weighted by Gasteiger charge is 2.26. The van der Waals surface area contributed by atoms with Crippen molar-refractivity contribution in [2.75, 3.05) is 0 Å². The first-order chi connectivity index (χ1) is 9.20. The van der Waals surface area contributed by atoms with Crippen molar-refractivity contribution in [3.8, 4) is 11.5 Å². The Labute approximate surface area is 130 Å². The van der Waals surface area contributed by atoms with Crippen LogP contribution in [0.3, 0.4) is 0 Å². The second-order valence-electron chi connectivity index (χ2n) is 4.77. The molecule has 0 bridgehead atoms. The second kappa shape index (κ2) is 5.36. The highest BCUT2D eigenvalue weighted by atomic mass is 127. The maximum atomic E-state index is 6.23. The van der Waals surface area contributed by atoms with Gasteiger partial charge in [-0.15, -0.1) is 0 Å². The third-order valence-electron chi connectivity index (χ3n) is 3.20. The third kappa shape index (κ3) is 2.63. The molecule has 1 aliphatic rings. The molecule has 0 aromatic carbocycles. The molecule has 0 radical (unpaired) electrons. The molecule has 0 saturated heterocycles. The fourth-order valence-electron chi connectivity index (χ4n) is 2.10. The molecule has 0 spiro atoms. The number of hydrogen-bond acceptors (Lipinski definition) is 3. The SMILES string of the molecule is CCCc1nc(-c2cncn2C2CC2)nc(Cl)c1I. The molecule has 3 rings (SSSR count). The van der Waals surface area contributed by atoms with Gasteiger partial charge >= 0.3 is 0 Å². The van der Waals surface area contributed by atoms with Gasteiger partial charge in [-0.05, 0) is 41.9 Å². The van der Waals surface area contributed by atoms with Crippen LogP contribution in [0, 0.1) is 3.57 Å². The number of hydrogen-bond donors (Lipinski definition) is 0. The molecule has 0 N–H and O–H groups in total. The number of rotatable bonds is 4. The zero-order valence-electron chi connectivity index (χ0n) is 10.6. The van der Waals surface area contributed by atoms with Crippen LogP contribution in [0.1, 0.15) is 37.9 Å². The monoisotopic (exact) mass is 388 g/mol. The lowest BCUT2D eigenvalue weighted by Crippen LogP contribution is -2.04. The fraction of sp³-hybridized carbons (Fsp3) is 0.462. The minimum atomic E-state index is 0.539.